The van der Waals surface area contributed by atoms with Gasteiger partial charge < -0.3 is 9.73 Å². The molecule has 3 aromatic rings. The van der Waals surface area contributed by atoms with Gasteiger partial charge in [-0.15, -0.1) is 0 Å². The van der Waals surface area contributed by atoms with Gasteiger partial charge in [0.25, 0.3) is 5.76 Å². The molecule has 28 heavy (non-hydrogen) atoms. The number of hydrogen-bond acceptors (Lipinski definition) is 4. The molecule has 0 saturated heterocycles. The predicted molar refractivity (Wildman–Crippen MR) is 106 cm³/mol. The first kappa shape index (κ1) is 20.1. The molecule has 0 bridgehead atoms. The first-order chi connectivity index (χ1) is 13.6. The minimum Gasteiger partial charge on any atom is -0.468 e. The molecule has 1 aromatic heterocycles. The number of nitrogens with one attached hydrogen (secondary N) is 1. The van der Waals surface area contributed by atoms with Crippen molar-refractivity contribution in [2.75, 3.05) is 11.9 Å². The van der Waals surface area contributed by atoms with Gasteiger partial charge in [0.1, 0.15) is 5.76 Å². The van der Waals surface area contributed by atoms with Crippen molar-refractivity contribution in [3.8, 4) is 0 Å². The van der Waals surface area contributed by atoms with E-state index in [0.29, 0.717) is 35.4 Å². The number of amides is 1. The second kappa shape index (κ2) is 10.1. The Hall–Kier alpha value is -2.64. The van der Waals surface area contributed by atoms with E-state index in [1.165, 1.54) is 0 Å². The third-order valence-corrected chi connectivity index (χ3v) is 4.74. The summed E-state index contributed by atoms with van der Waals surface area (Å²) in [5, 5.41) is 2.75. The summed E-state index contributed by atoms with van der Waals surface area (Å²) >= 11 is 0.416. The fourth-order valence-electron chi connectivity index (χ4n) is 2.79. The molecule has 0 aliphatic rings. The summed E-state index contributed by atoms with van der Waals surface area (Å²) in [7, 11) is 0. The van der Waals surface area contributed by atoms with Crippen LogP contribution in [0.2, 0.25) is 0 Å². The molecule has 1 heterocycles. The van der Waals surface area contributed by atoms with E-state index in [1.807, 2.05) is 41.3 Å². The van der Waals surface area contributed by atoms with E-state index in [1.54, 1.807) is 36.6 Å². The van der Waals surface area contributed by atoms with Gasteiger partial charge in [0, 0.05) is 11.4 Å². The Morgan fingerprint density at radius 3 is 2.46 bits per heavy atom. The Balaban J connectivity index is 1.68. The highest BCUT2D eigenvalue weighted by atomic mass is 32.2. The average Bonchev–Trinajstić information content (AvgIpc) is 3.17. The van der Waals surface area contributed by atoms with Crippen molar-refractivity contribution >= 4 is 23.4 Å². The lowest BCUT2D eigenvalue weighted by Crippen LogP contribution is -2.32. The number of furan rings is 1. The molecule has 0 radical (unpaired) electrons. The van der Waals surface area contributed by atoms with Crippen molar-refractivity contribution < 1.29 is 18.0 Å². The van der Waals surface area contributed by atoms with Crippen LogP contribution in [-0.4, -0.2) is 23.1 Å². The fourth-order valence-corrected chi connectivity index (χ4v) is 3.39. The number of rotatable bonds is 9. The number of benzene rings is 2. The molecule has 1 N–H and O–H groups in total. The average molecular weight is 402 g/mol. The Labute approximate surface area is 166 Å². The highest BCUT2D eigenvalue weighted by Gasteiger charge is 2.16. The number of halogens is 2. The molecule has 1 amide bonds. The van der Waals surface area contributed by atoms with E-state index < -0.39 is 5.76 Å². The molecule has 7 heteroatoms. The van der Waals surface area contributed by atoms with Gasteiger partial charge >= 0.3 is 0 Å². The Morgan fingerprint density at radius 1 is 1.00 bits per heavy atom. The van der Waals surface area contributed by atoms with Crippen LogP contribution in [0.5, 0.6) is 0 Å². The minimum absolute atomic E-state index is 0.100. The van der Waals surface area contributed by atoms with Crippen molar-refractivity contribution in [3.05, 3.63) is 84.3 Å². The standard InChI is InChI=1S/C21H20F2N2O2S/c22-21(23)28-19-11-5-4-10-18(19)24-20(26)15-25(14-17-9-6-12-27-17)13-16-7-2-1-3-8-16/h1-12,21H,13-15H2,(H,24,26). The summed E-state index contributed by atoms with van der Waals surface area (Å²) in [6.45, 7) is 1.12. The molecule has 146 valence electrons. The maximum absolute atomic E-state index is 12.7. The molecule has 3 rings (SSSR count). The monoisotopic (exact) mass is 402 g/mol. The number of alkyl halides is 2. The van der Waals surface area contributed by atoms with E-state index in [9.17, 15) is 13.6 Å². The Kier molecular flexibility index (Phi) is 7.22. The number of carbonyl (C=O) groups is 1. The summed E-state index contributed by atoms with van der Waals surface area (Å²) in [6.07, 6.45) is 1.59. The molecule has 0 fully saturated rings. The van der Waals surface area contributed by atoms with Gasteiger partial charge in [-0.1, -0.05) is 54.2 Å². The number of thioether (sulfide) groups is 1. The van der Waals surface area contributed by atoms with E-state index in [0.717, 1.165) is 11.3 Å². The van der Waals surface area contributed by atoms with Gasteiger partial charge in [-0.25, -0.2) is 0 Å². The topological polar surface area (TPSA) is 45.5 Å². The van der Waals surface area contributed by atoms with Gasteiger partial charge in [-0.3, -0.25) is 9.69 Å². The zero-order chi connectivity index (χ0) is 19.8. The van der Waals surface area contributed by atoms with Crippen LogP contribution in [0, 0.1) is 0 Å². The number of carbonyl (C=O) groups excluding carboxylic acids is 1. The van der Waals surface area contributed by atoms with Crippen molar-refractivity contribution in [1.29, 1.82) is 0 Å². The van der Waals surface area contributed by atoms with Crippen molar-refractivity contribution in [2.45, 2.75) is 23.7 Å². The molecule has 0 atom stereocenters. The summed E-state index contributed by atoms with van der Waals surface area (Å²) in [6, 6.07) is 20.0. The highest BCUT2D eigenvalue weighted by Crippen LogP contribution is 2.31. The molecular weight excluding hydrogens is 382 g/mol. The van der Waals surface area contributed by atoms with Crippen LogP contribution in [0.1, 0.15) is 11.3 Å². The van der Waals surface area contributed by atoms with E-state index in [4.69, 9.17) is 4.42 Å². The normalized spacial score (nSPS) is 11.1. The van der Waals surface area contributed by atoms with E-state index in [2.05, 4.69) is 5.32 Å². The second-order valence-corrected chi connectivity index (χ2v) is 7.16. The van der Waals surface area contributed by atoms with Crippen LogP contribution in [-0.2, 0) is 17.9 Å². The summed E-state index contributed by atoms with van der Waals surface area (Å²) in [5.74, 6) is -2.08. The van der Waals surface area contributed by atoms with Crippen LogP contribution in [0.4, 0.5) is 14.5 Å². The lowest BCUT2D eigenvalue weighted by atomic mass is 10.2. The largest absolute Gasteiger partial charge is 0.468 e. The predicted octanol–water partition coefficient (Wildman–Crippen LogP) is 5.24. The maximum Gasteiger partial charge on any atom is 0.288 e. The van der Waals surface area contributed by atoms with Crippen LogP contribution in [0.25, 0.3) is 0 Å². The molecular formula is C21H20F2N2O2S. The molecule has 0 aliphatic carbocycles. The van der Waals surface area contributed by atoms with Crippen LogP contribution in [0.3, 0.4) is 0 Å². The molecule has 0 aliphatic heterocycles. The van der Waals surface area contributed by atoms with Crippen molar-refractivity contribution in [2.24, 2.45) is 0 Å². The van der Waals surface area contributed by atoms with Crippen molar-refractivity contribution in [1.82, 2.24) is 4.90 Å². The zero-order valence-corrected chi connectivity index (χ0v) is 15.9. The quantitative estimate of drug-likeness (QED) is 0.498. The Bertz CT molecular complexity index is 873. The first-order valence-electron chi connectivity index (χ1n) is 8.72. The summed E-state index contributed by atoms with van der Waals surface area (Å²) in [5.41, 5.74) is 1.45. The SMILES string of the molecule is O=C(CN(Cc1ccccc1)Cc1ccco1)Nc1ccccc1SC(F)F. The molecule has 2 aromatic carbocycles. The van der Waals surface area contributed by atoms with Crippen LogP contribution in [0.15, 0.2) is 82.3 Å². The first-order valence-corrected chi connectivity index (χ1v) is 9.60. The van der Waals surface area contributed by atoms with Crippen molar-refractivity contribution in [3.63, 3.8) is 0 Å². The summed E-state index contributed by atoms with van der Waals surface area (Å²) < 4.78 is 30.9. The molecule has 0 spiro atoms. The second-order valence-electron chi connectivity index (χ2n) is 6.13. The smallest absolute Gasteiger partial charge is 0.288 e. The fraction of sp³-hybridized carbons (Fsp3) is 0.190. The number of anilines is 1. The highest BCUT2D eigenvalue weighted by molar-refractivity contribution is 7.99. The number of para-hydroxylation sites is 1. The van der Waals surface area contributed by atoms with E-state index in [-0.39, 0.29) is 12.5 Å². The molecule has 0 unspecified atom stereocenters. The number of nitrogens with zero attached hydrogens (tertiary/aromatic N) is 1. The number of hydrogen-bond donors (Lipinski definition) is 1. The minimum atomic E-state index is -2.55. The van der Waals surface area contributed by atoms with Gasteiger partial charge in [0.05, 0.1) is 25.0 Å². The third-order valence-electron chi connectivity index (χ3n) is 3.95. The molecule has 4 nitrogen and oxygen atoms in total. The Morgan fingerprint density at radius 2 is 1.75 bits per heavy atom. The lowest BCUT2D eigenvalue weighted by Gasteiger charge is -2.21. The third kappa shape index (κ3) is 6.21. The van der Waals surface area contributed by atoms with Crippen LogP contribution >= 0.6 is 11.8 Å². The van der Waals surface area contributed by atoms with Gasteiger partial charge in [-0.2, -0.15) is 8.78 Å². The zero-order valence-electron chi connectivity index (χ0n) is 15.1. The maximum atomic E-state index is 12.7. The summed E-state index contributed by atoms with van der Waals surface area (Å²) in [4.78, 5) is 14.9. The van der Waals surface area contributed by atoms with Crippen LogP contribution < -0.4 is 5.32 Å². The van der Waals surface area contributed by atoms with Gasteiger partial charge in [0.2, 0.25) is 5.91 Å². The van der Waals surface area contributed by atoms with Gasteiger partial charge in [-0.05, 0) is 29.8 Å². The van der Waals surface area contributed by atoms with E-state index >= 15 is 0 Å². The lowest BCUT2D eigenvalue weighted by molar-refractivity contribution is -0.117. The molecule has 0 saturated carbocycles. The van der Waals surface area contributed by atoms with Gasteiger partial charge in [0.15, 0.2) is 0 Å².